The predicted molar refractivity (Wildman–Crippen MR) is 71.0 cm³/mol. The molecular weight excluding hydrogens is 252 g/mol. The summed E-state index contributed by atoms with van der Waals surface area (Å²) in [5, 5.41) is 3.08. The molecule has 1 aromatic heterocycles. The third kappa shape index (κ3) is 4.08. The Labute approximate surface area is 109 Å². The molecule has 0 spiro atoms. The van der Waals surface area contributed by atoms with Gasteiger partial charge in [-0.3, -0.25) is 0 Å². The van der Waals surface area contributed by atoms with Crippen molar-refractivity contribution in [3.05, 3.63) is 12.0 Å². The molecule has 7 heteroatoms. The molecule has 1 rings (SSSR count). The third-order valence-corrected chi connectivity index (χ3v) is 3.92. The fraction of sp³-hybridized carbons (Fsp3) is 0.727. The molecule has 0 saturated carbocycles. The normalized spacial score (nSPS) is 11.9. The Bertz CT molecular complexity index is 467. The number of hydrogen-bond donors (Lipinski definition) is 2. The number of nitrogens with one attached hydrogen (secondary N) is 2. The van der Waals surface area contributed by atoms with Crippen LogP contribution in [0.25, 0.3) is 0 Å². The molecule has 0 aliphatic carbocycles. The lowest BCUT2D eigenvalue weighted by Crippen LogP contribution is -2.27. The Hall–Kier alpha value is -0.920. The maximum atomic E-state index is 12.0. The Morgan fingerprint density at radius 2 is 2.11 bits per heavy atom. The van der Waals surface area contributed by atoms with Crippen molar-refractivity contribution in [3.8, 4) is 0 Å². The first-order valence-corrected chi connectivity index (χ1v) is 7.67. The van der Waals surface area contributed by atoms with E-state index in [2.05, 4.69) is 15.0 Å². The molecule has 0 radical (unpaired) electrons. The molecule has 0 aliphatic heterocycles. The van der Waals surface area contributed by atoms with E-state index in [1.807, 2.05) is 25.5 Å². The monoisotopic (exact) mass is 274 g/mol. The Balaban J connectivity index is 2.69. The number of nitrogens with zero attached hydrogens (tertiary/aromatic N) is 2. The minimum atomic E-state index is -3.47. The number of imidazole rings is 1. The van der Waals surface area contributed by atoms with Gasteiger partial charge in [-0.2, -0.15) is 0 Å². The highest BCUT2D eigenvalue weighted by Crippen LogP contribution is 2.09. The average molecular weight is 274 g/mol. The van der Waals surface area contributed by atoms with Gasteiger partial charge in [-0.05, 0) is 33.4 Å². The molecule has 1 aromatic rings. The minimum Gasteiger partial charge on any atom is -0.334 e. The fourth-order valence-electron chi connectivity index (χ4n) is 1.62. The van der Waals surface area contributed by atoms with E-state index in [-0.39, 0.29) is 5.03 Å². The van der Waals surface area contributed by atoms with Crippen LogP contribution in [0, 0.1) is 6.92 Å². The van der Waals surface area contributed by atoms with E-state index < -0.39 is 10.0 Å². The van der Waals surface area contributed by atoms with Crippen molar-refractivity contribution in [2.75, 3.05) is 20.1 Å². The molecular formula is C11H22N4O2S. The van der Waals surface area contributed by atoms with Crippen LogP contribution in [0.5, 0.6) is 0 Å². The van der Waals surface area contributed by atoms with Crippen LogP contribution < -0.4 is 10.0 Å². The van der Waals surface area contributed by atoms with Crippen LogP contribution in [0.4, 0.5) is 0 Å². The van der Waals surface area contributed by atoms with Gasteiger partial charge >= 0.3 is 0 Å². The molecule has 0 amide bonds. The zero-order chi connectivity index (χ0) is 13.6. The summed E-state index contributed by atoms with van der Waals surface area (Å²) in [5.74, 6) is 0.729. The van der Waals surface area contributed by atoms with E-state index in [1.165, 1.54) is 0 Å². The fourth-order valence-corrected chi connectivity index (χ4v) is 2.70. The maximum absolute atomic E-state index is 12.0. The molecule has 0 saturated heterocycles. The maximum Gasteiger partial charge on any atom is 0.259 e. The van der Waals surface area contributed by atoms with E-state index in [1.54, 1.807) is 6.20 Å². The van der Waals surface area contributed by atoms with Gasteiger partial charge < -0.3 is 9.88 Å². The predicted octanol–water partition coefficient (Wildman–Crippen LogP) is 0.489. The van der Waals surface area contributed by atoms with Crippen molar-refractivity contribution in [1.29, 1.82) is 0 Å². The first-order valence-electron chi connectivity index (χ1n) is 6.19. The van der Waals surface area contributed by atoms with Crippen molar-refractivity contribution in [1.82, 2.24) is 19.6 Å². The van der Waals surface area contributed by atoms with Crippen molar-refractivity contribution in [3.63, 3.8) is 0 Å². The molecule has 0 unspecified atom stereocenters. The summed E-state index contributed by atoms with van der Waals surface area (Å²) in [6.45, 7) is 5.85. The van der Waals surface area contributed by atoms with Gasteiger partial charge in [-0.15, -0.1) is 0 Å². The van der Waals surface area contributed by atoms with Gasteiger partial charge in [0.2, 0.25) is 0 Å². The standard InChI is InChI=1S/C11H22N4O2S/c1-4-8-15-9-11(14-10(15)2)18(16,17)13-7-5-6-12-3/h9,12-13H,4-8H2,1-3H3. The van der Waals surface area contributed by atoms with Crippen LogP contribution in [0.1, 0.15) is 25.6 Å². The Morgan fingerprint density at radius 1 is 1.39 bits per heavy atom. The molecule has 104 valence electrons. The number of aryl methyl sites for hydroxylation is 2. The van der Waals surface area contributed by atoms with E-state index in [4.69, 9.17) is 0 Å². The van der Waals surface area contributed by atoms with Gasteiger partial charge in [0, 0.05) is 19.3 Å². The van der Waals surface area contributed by atoms with E-state index in [9.17, 15) is 8.42 Å². The highest BCUT2D eigenvalue weighted by molar-refractivity contribution is 7.89. The van der Waals surface area contributed by atoms with E-state index in [0.717, 1.165) is 31.8 Å². The summed E-state index contributed by atoms with van der Waals surface area (Å²) >= 11 is 0. The summed E-state index contributed by atoms with van der Waals surface area (Å²) in [4.78, 5) is 4.10. The summed E-state index contributed by atoms with van der Waals surface area (Å²) in [7, 11) is -1.63. The van der Waals surface area contributed by atoms with Gasteiger partial charge in [0.15, 0.2) is 5.03 Å². The summed E-state index contributed by atoms with van der Waals surface area (Å²) in [6.07, 6.45) is 3.30. The van der Waals surface area contributed by atoms with E-state index in [0.29, 0.717) is 6.54 Å². The lowest BCUT2D eigenvalue weighted by atomic mass is 10.4. The largest absolute Gasteiger partial charge is 0.334 e. The molecule has 6 nitrogen and oxygen atoms in total. The highest BCUT2D eigenvalue weighted by Gasteiger charge is 2.18. The van der Waals surface area contributed by atoms with Crippen molar-refractivity contribution in [2.24, 2.45) is 0 Å². The molecule has 0 fully saturated rings. The quantitative estimate of drug-likeness (QED) is 0.676. The van der Waals surface area contributed by atoms with Gasteiger partial charge in [0.25, 0.3) is 10.0 Å². The summed E-state index contributed by atoms with van der Waals surface area (Å²) in [6, 6.07) is 0. The van der Waals surface area contributed by atoms with Gasteiger partial charge in [-0.1, -0.05) is 6.92 Å². The summed E-state index contributed by atoms with van der Waals surface area (Å²) < 4.78 is 28.3. The molecule has 18 heavy (non-hydrogen) atoms. The second-order valence-electron chi connectivity index (χ2n) is 4.17. The molecule has 1 heterocycles. The minimum absolute atomic E-state index is 0.109. The first-order chi connectivity index (χ1) is 8.51. The van der Waals surface area contributed by atoms with Crippen LogP contribution in [0.2, 0.25) is 0 Å². The first kappa shape index (κ1) is 15.1. The Morgan fingerprint density at radius 3 is 2.72 bits per heavy atom. The molecule has 0 bridgehead atoms. The van der Waals surface area contributed by atoms with E-state index >= 15 is 0 Å². The second-order valence-corrected chi connectivity index (χ2v) is 5.89. The lowest BCUT2D eigenvalue weighted by Gasteiger charge is -2.03. The topological polar surface area (TPSA) is 76.0 Å². The number of sulfonamides is 1. The third-order valence-electron chi connectivity index (χ3n) is 2.59. The Kier molecular flexibility index (Phi) is 5.77. The zero-order valence-corrected chi connectivity index (χ0v) is 12.0. The smallest absolute Gasteiger partial charge is 0.259 e. The van der Waals surface area contributed by atoms with Crippen LogP contribution >= 0.6 is 0 Å². The molecule has 2 N–H and O–H groups in total. The van der Waals surface area contributed by atoms with Gasteiger partial charge in [0.1, 0.15) is 5.82 Å². The number of rotatable bonds is 8. The molecule has 0 aromatic carbocycles. The van der Waals surface area contributed by atoms with Gasteiger partial charge in [0.05, 0.1) is 0 Å². The second kappa shape index (κ2) is 6.86. The number of hydrogen-bond acceptors (Lipinski definition) is 4. The van der Waals surface area contributed by atoms with Crippen LogP contribution in [-0.2, 0) is 16.6 Å². The molecule has 0 aliphatic rings. The van der Waals surface area contributed by atoms with Crippen LogP contribution in [0.3, 0.4) is 0 Å². The zero-order valence-electron chi connectivity index (χ0n) is 11.2. The molecule has 0 atom stereocenters. The van der Waals surface area contributed by atoms with Crippen LogP contribution in [-0.4, -0.2) is 38.1 Å². The lowest BCUT2D eigenvalue weighted by molar-refractivity contribution is 0.573. The van der Waals surface area contributed by atoms with Crippen molar-refractivity contribution >= 4 is 10.0 Å². The van der Waals surface area contributed by atoms with Gasteiger partial charge in [-0.25, -0.2) is 18.1 Å². The van der Waals surface area contributed by atoms with Crippen molar-refractivity contribution < 1.29 is 8.42 Å². The average Bonchev–Trinajstić information content (AvgIpc) is 2.68. The number of aromatic nitrogens is 2. The summed E-state index contributed by atoms with van der Waals surface area (Å²) in [5.41, 5.74) is 0. The van der Waals surface area contributed by atoms with Crippen LogP contribution in [0.15, 0.2) is 11.2 Å². The highest BCUT2D eigenvalue weighted by atomic mass is 32.2. The SMILES string of the molecule is CCCn1cc(S(=O)(=O)NCCCNC)nc1C. The van der Waals surface area contributed by atoms with Crippen molar-refractivity contribution in [2.45, 2.75) is 38.3 Å².